The number of carbonyl (C=O) groups is 1. The van der Waals surface area contributed by atoms with Gasteiger partial charge in [0.25, 0.3) is 0 Å². The first kappa shape index (κ1) is 21.6. The maximum Gasteiger partial charge on any atom is 0.243 e. The second kappa shape index (κ2) is 10.6. The Kier molecular flexibility index (Phi) is 7.89. The lowest BCUT2D eigenvalue weighted by atomic mass is 10.1. The van der Waals surface area contributed by atoms with Crippen LogP contribution in [0.25, 0.3) is 0 Å². The number of hydrogen-bond acceptors (Lipinski definition) is 4. The molecule has 2 aliphatic heterocycles. The van der Waals surface area contributed by atoms with E-state index in [-0.39, 0.29) is 12.5 Å². The minimum Gasteiger partial charge on any atom is -0.381 e. The highest BCUT2D eigenvalue weighted by Gasteiger charge is 2.29. The molecule has 3 atom stereocenters. The summed E-state index contributed by atoms with van der Waals surface area (Å²) >= 11 is 0. The molecule has 0 aromatic heterocycles. The Labute approximate surface area is 174 Å². The molecule has 0 spiro atoms. The zero-order valence-electron chi connectivity index (χ0n) is 17.9. The number of hydrogen-bond donors (Lipinski definition) is 2. The minimum absolute atomic E-state index is 0.000735. The van der Waals surface area contributed by atoms with Gasteiger partial charge in [0.1, 0.15) is 6.54 Å². The van der Waals surface area contributed by atoms with Crippen molar-refractivity contribution in [1.82, 2.24) is 20.4 Å². The van der Waals surface area contributed by atoms with Crippen molar-refractivity contribution in [3.8, 4) is 0 Å². The van der Waals surface area contributed by atoms with Crippen LogP contribution >= 0.6 is 0 Å². The number of nitrogens with zero attached hydrogens (tertiary/aromatic N) is 3. The van der Waals surface area contributed by atoms with Crippen LogP contribution in [0.4, 0.5) is 0 Å². The van der Waals surface area contributed by atoms with Crippen molar-refractivity contribution in [2.75, 3.05) is 46.9 Å². The van der Waals surface area contributed by atoms with Crippen molar-refractivity contribution in [2.24, 2.45) is 10.9 Å². The predicted octanol–water partition coefficient (Wildman–Crippen LogP) is 1.31. The molecule has 2 aliphatic rings. The summed E-state index contributed by atoms with van der Waals surface area (Å²) < 4.78 is 5.47. The van der Waals surface area contributed by atoms with E-state index in [1.807, 2.05) is 0 Å². The number of benzene rings is 1. The first-order valence-electron chi connectivity index (χ1n) is 10.6. The summed E-state index contributed by atoms with van der Waals surface area (Å²) in [5.41, 5.74) is 1.34. The molecule has 0 radical (unpaired) electrons. The quantitative estimate of drug-likeness (QED) is 0.533. The molecule has 160 valence electrons. The number of nitrogens with one attached hydrogen (secondary N) is 2. The molecule has 1 aromatic rings. The fourth-order valence-corrected chi connectivity index (χ4v) is 3.86. The standard InChI is InChI=1S/C22H35N5O2/c1-17-11-20(15-27(17)14-18-7-5-4-6-8-18)25-22(24-13-21(28)26(2)3)23-12-19-9-10-29-16-19/h4-8,17,19-20H,9-16H2,1-3H3,(H2,23,24,25). The summed E-state index contributed by atoms with van der Waals surface area (Å²) in [5, 5.41) is 7.00. The Hall–Kier alpha value is -2.12. The molecule has 29 heavy (non-hydrogen) atoms. The van der Waals surface area contributed by atoms with Crippen molar-refractivity contribution >= 4 is 11.9 Å². The van der Waals surface area contributed by atoms with Crippen LogP contribution in [0.1, 0.15) is 25.3 Å². The van der Waals surface area contributed by atoms with Gasteiger partial charge >= 0.3 is 0 Å². The molecular formula is C22H35N5O2. The Bertz CT molecular complexity index is 673. The van der Waals surface area contributed by atoms with Gasteiger partial charge in [0.15, 0.2) is 5.96 Å². The maximum absolute atomic E-state index is 12.0. The SMILES string of the molecule is CC1CC(NC(=NCC(=O)N(C)C)NCC2CCOC2)CN1Cc1ccccc1. The Morgan fingerprint density at radius 3 is 2.79 bits per heavy atom. The highest BCUT2D eigenvalue weighted by atomic mass is 16.5. The molecule has 0 saturated carbocycles. The van der Waals surface area contributed by atoms with E-state index in [4.69, 9.17) is 4.74 Å². The number of aliphatic imine (C=N–C) groups is 1. The van der Waals surface area contributed by atoms with Gasteiger partial charge in [-0.2, -0.15) is 0 Å². The number of carbonyl (C=O) groups excluding carboxylic acids is 1. The van der Waals surface area contributed by atoms with E-state index in [0.29, 0.717) is 18.0 Å². The van der Waals surface area contributed by atoms with E-state index < -0.39 is 0 Å². The van der Waals surface area contributed by atoms with Gasteiger partial charge < -0.3 is 20.3 Å². The molecule has 0 bridgehead atoms. The van der Waals surface area contributed by atoms with Crippen LogP contribution in [0.2, 0.25) is 0 Å². The third-order valence-electron chi connectivity index (χ3n) is 5.73. The second-order valence-electron chi connectivity index (χ2n) is 8.40. The Balaban J connectivity index is 1.56. The number of guanidine groups is 1. The van der Waals surface area contributed by atoms with Gasteiger partial charge in [-0.1, -0.05) is 30.3 Å². The van der Waals surface area contributed by atoms with E-state index in [9.17, 15) is 4.79 Å². The normalized spacial score (nSPS) is 25.2. The molecule has 7 heteroatoms. The third-order valence-corrected chi connectivity index (χ3v) is 5.73. The fraction of sp³-hybridized carbons (Fsp3) is 0.636. The van der Waals surface area contributed by atoms with Crippen molar-refractivity contribution in [3.63, 3.8) is 0 Å². The number of rotatable bonds is 7. The van der Waals surface area contributed by atoms with Gasteiger partial charge in [0.2, 0.25) is 5.91 Å². The van der Waals surface area contributed by atoms with Gasteiger partial charge in [-0.05, 0) is 25.3 Å². The van der Waals surface area contributed by atoms with Crippen molar-refractivity contribution in [2.45, 2.75) is 38.4 Å². The summed E-state index contributed by atoms with van der Waals surface area (Å²) in [7, 11) is 3.52. The highest BCUT2D eigenvalue weighted by molar-refractivity contribution is 5.85. The largest absolute Gasteiger partial charge is 0.381 e. The van der Waals surface area contributed by atoms with Gasteiger partial charge in [0, 0.05) is 58.3 Å². The van der Waals surface area contributed by atoms with E-state index >= 15 is 0 Å². The zero-order valence-corrected chi connectivity index (χ0v) is 17.9. The van der Waals surface area contributed by atoms with Crippen LogP contribution in [0.15, 0.2) is 35.3 Å². The monoisotopic (exact) mass is 401 g/mol. The van der Waals surface area contributed by atoms with E-state index in [0.717, 1.165) is 51.6 Å². The number of ether oxygens (including phenoxy) is 1. The van der Waals surface area contributed by atoms with E-state index in [2.05, 4.69) is 57.8 Å². The highest BCUT2D eigenvalue weighted by Crippen LogP contribution is 2.20. The molecule has 2 saturated heterocycles. The van der Waals surface area contributed by atoms with Crippen LogP contribution in [0, 0.1) is 5.92 Å². The van der Waals surface area contributed by atoms with Crippen LogP contribution in [0.5, 0.6) is 0 Å². The molecule has 2 N–H and O–H groups in total. The van der Waals surface area contributed by atoms with Crippen LogP contribution < -0.4 is 10.6 Å². The zero-order chi connectivity index (χ0) is 20.6. The lowest BCUT2D eigenvalue weighted by Crippen LogP contribution is -2.46. The van der Waals surface area contributed by atoms with Crippen molar-refractivity contribution < 1.29 is 9.53 Å². The average Bonchev–Trinajstić information content (AvgIpc) is 3.34. The predicted molar refractivity (Wildman–Crippen MR) is 116 cm³/mol. The molecule has 2 fully saturated rings. The van der Waals surface area contributed by atoms with Gasteiger partial charge in [0.05, 0.1) is 6.61 Å². The first-order chi connectivity index (χ1) is 14.0. The lowest BCUT2D eigenvalue weighted by Gasteiger charge is -2.21. The van der Waals surface area contributed by atoms with E-state index in [1.165, 1.54) is 5.56 Å². The van der Waals surface area contributed by atoms with Crippen LogP contribution in [0.3, 0.4) is 0 Å². The fourth-order valence-electron chi connectivity index (χ4n) is 3.86. The summed E-state index contributed by atoms with van der Waals surface area (Å²) in [6.45, 7) is 6.80. The van der Waals surface area contributed by atoms with Crippen LogP contribution in [-0.2, 0) is 16.1 Å². The van der Waals surface area contributed by atoms with Gasteiger partial charge in [-0.25, -0.2) is 4.99 Å². The van der Waals surface area contributed by atoms with Crippen molar-refractivity contribution in [3.05, 3.63) is 35.9 Å². The Morgan fingerprint density at radius 1 is 1.31 bits per heavy atom. The molecule has 3 rings (SSSR count). The molecule has 2 heterocycles. The molecule has 7 nitrogen and oxygen atoms in total. The summed E-state index contributed by atoms with van der Waals surface area (Å²) in [5.74, 6) is 1.23. The summed E-state index contributed by atoms with van der Waals surface area (Å²) in [6.07, 6.45) is 2.13. The summed E-state index contributed by atoms with van der Waals surface area (Å²) in [6, 6.07) is 11.4. The topological polar surface area (TPSA) is 69.2 Å². The molecule has 0 aliphatic carbocycles. The molecule has 1 aromatic carbocycles. The van der Waals surface area contributed by atoms with Crippen molar-refractivity contribution in [1.29, 1.82) is 0 Å². The first-order valence-corrected chi connectivity index (χ1v) is 10.6. The van der Waals surface area contributed by atoms with Crippen LogP contribution in [-0.4, -0.2) is 80.7 Å². The second-order valence-corrected chi connectivity index (χ2v) is 8.40. The average molecular weight is 402 g/mol. The summed E-state index contributed by atoms with van der Waals surface area (Å²) in [4.78, 5) is 20.6. The number of amides is 1. The Morgan fingerprint density at radius 2 is 2.10 bits per heavy atom. The molecule has 3 unspecified atom stereocenters. The molecule has 1 amide bonds. The third kappa shape index (κ3) is 6.72. The van der Waals surface area contributed by atoms with E-state index in [1.54, 1.807) is 19.0 Å². The van der Waals surface area contributed by atoms with Gasteiger partial charge in [-0.3, -0.25) is 9.69 Å². The molecular weight excluding hydrogens is 366 g/mol. The number of likely N-dealkylation sites (N-methyl/N-ethyl adjacent to an activating group) is 1. The lowest BCUT2D eigenvalue weighted by molar-refractivity contribution is -0.127. The minimum atomic E-state index is 0.000735. The smallest absolute Gasteiger partial charge is 0.243 e. The van der Waals surface area contributed by atoms with Gasteiger partial charge in [-0.15, -0.1) is 0 Å². The number of likely N-dealkylation sites (tertiary alicyclic amines) is 1. The maximum atomic E-state index is 12.0.